The summed E-state index contributed by atoms with van der Waals surface area (Å²) in [5.74, 6) is 0.148. The smallest absolute Gasteiger partial charge is 0.195 e. The Morgan fingerprint density at radius 2 is 2.08 bits per heavy atom. The number of halogens is 1. The zero-order valence-corrected chi connectivity index (χ0v) is 7.31. The summed E-state index contributed by atoms with van der Waals surface area (Å²) in [6, 6.07) is 0. The van der Waals surface area contributed by atoms with Gasteiger partial charge >= 0.3 is 0 Å². The standard InChI is InChI=1S/C7H5BrN4/c8-5-3-11-7(12-4-5)6-9-1-2-10-6/h1-4H,(H,9,10)/i1D,2D,3D,4D. The summed E-state index contributed by atoms with van der Waals surface area (Å²) in [5.41, 5.74) is 0. The SMILES string of the molecule is [2H]c1nc(-c2nc([2H])c(Br)c([2H])n2)[nH]c1[2H]. The minimum Gasteiger partial charge on any atom is -0.342 e. The maximum Gasteiger partial charge on any atom is 0.195 e. The highest BCUT2D eigenvalue weighted by Gasteiger charge is 2.00. The van der Waals surface area contributed by atoms with Crippen molar-refractivity contribution in [3.05, 3.63) is 29.2 Å². The Labute approximate surface area is 82.8 Å². The summed E-state index contributed by atoms with van der Waals surface area (Å²) in [4.78, 5) is 13.8. The third-order valence-corrected chi connectivity index (χ3v) is 1.49. The fourth-order valence-corrected chi connectivity index (χ4v) is 0.842. The van der Waals surface area contributed by atoms with E-state index in [0.717, 1.165) is 0 Å². The Balaban J connectivity index is 2.56. The molecule has 2 heterocycles. The second-order valence-electron chi connectivity index (χ2n) is 1.91. The number of nitrogens with one attached hydrogen (secondary N) is 1. The van der Waals surface area contributed by atoms with Gasteiger partial charge in [0.2, 0.25) is 0 Å². The molecule has 0 saturated heterocycles. The Hall–Kier alpha value is -1.23. The molecule has 0 aliphatic carbocycles. The summed E-state index contributed by atoms with van der Waals surface area (Å²) >= 11 is 3.00. The molecule has 0 atom stereocenters. The molecule has 0 spiro atoms. The number of aromatic nitrogens is 4. The largest absolute Gasteiger partial charge is 0.342 e. The van der Waals surface area contributed by atoms with Gasteiger partial charge in [0.05, 0.1) is 9.96 Å². The van der Waals surface area contributed by atoms with Crippen LogP contribution in [0.3, 0.4) is 0 Å². The zero-order valence-electron chi connectivity index (χ0n) is 9.72. The minimum absolute atomic E-state index is 0.0326. The van der Waals surface area contributed by atoms with E-state index in [1.165, 1.54) is 0 Å². The molecule has 12 heavy (non-hydrogen) atoms. The lowest BCUT2D eigenvalue weighted by Gasteiger charge is -1.93. The van der Waals surface area contributed by atoms with Crippen LogP contribution in [-0.2, 0) is 0 Å². The lowest BCUT2D eigenvalue weighted by Crippen LogP contribution is -1.88. The quantitative estimate of drug-likeness (QED) is 0.808. The van der Waals surface area contributed by atoms with Crippen molar-refractivity contribution in [3.8, 4) is 11.6 Å². The van der Waals surface area contributed by atoms with Gasteiger partial charge < -0.3 is 4.98 Å². The number of rotatable bonds is 1. The first-order valence-electron chi connectivity index (χ1n) is 5.03. The number of imidazole rings is 1. The molecular formula is C7H5BrN4. The van der Waals surface area contributed by atoms with E-state index in [0.29, 0.717) is 0 Å². The predicted molar refractivity (Wildman–Crippen MR) is 47.3 cm³/mol. The average Bonchev–Trinajstić information content (AvgIpc) is 2.55. The van der Waals surface area contributed by atoms with E-state index in [1.54, 1.807) is 0 Å². The van der Waals surface area contributed by atoms with Gasteiger partial charge in [0.1, 0.15) is 0 Å². The van der Waals surface area contributed by atoms with Crippen LogP contribution < -0.4 is 0 Å². The van der Waals surface area contributed by atoms with Gasteiger partial charge in [-0.05, 0) is 15.9 Å². The molecule has 2 rings (SSSR count). The van der Waals surface area contributed by atoms with Crippen LogP contribution in [-0.4, -0.2) is 19.9 Å². The number of H-pyrrole nitrogens is 1. The first-order chi connectivity index (χ1) is 7.49. The first-order valence-corrected chi connectivity index (χ1v) is 3.82. The summed E-state index contributed by atoms with van der Waals surface area (Å²) in [5, 5.41) is 0. The highest BCUT2D eigenvalue weighted by molar-refractivity contribution is 9.10. The van der Waals surface area contributed by atoms with Gasteiger partial charge in [-0.2, -0.15) is 0 Å². The van der Waals surface area contributed by atoms with E-state index < -0.39 is 0 Å². The Bertz CT molecular complexity index is 513. The molecule has 2 aromatic heterocycles. The molecule has 0 radical (unpaired) electrons. The van der Waals surface area contributed by atoms with Crippen LogP contribution in [0.4, 0.5) is 0 Å². The average molecular weight is 229 g/mol. The minimum atomic E-state index is -0.223. The van der Waals surface area contributed by atoms with Crippen molar-refractivity contribution in [1.29, 1.82) is 0 Å². The number of nitrogens with zero attached hydrogens (tertiary/aromatic N) is 3. The van der Waals surface area contributed by atoms with Gasteiger partial charge in [0.15, 0.2) is 11.6 Å². The highest BCUT2D eigenvalue weighted by Crippen LogP contribution is 2.10. The summed E-state index contributed by atoms with van der Waals surface area (Å²) in [7, 11) is 0. The Morgan fingerprint density at radius 3 is 2.67 bits per heavy atom. The van der Waals surface area contributed by atoms with Crippen molar-refractivity contribution in [1.82, 2.24) is 19.9 Å². The molecule has 0 amide bonds. The highest BCUT2D eigenvalue weighted by atomic mass is 79.9. The molecule has 60 valence electrons. The fourth-order valence-electron chi connectivity index (χ4n) is 0.665. The molecule has 0 fully saturated rings. The van der Waals surface area contributed by atoms with Crippen molar-refractivity contribution >= 4 is 15.9 Å². The summed E-state index contributed by atoms with van der Waals surface area (Å²) in [6.45, 7) is 0. The molecule has 2 aromatic rings. The molecule has 0 unspecified atom stereocenters. The maximum absolute atomic E-state index is 7.46. The van der Waals surface area contributed by atoms with Crippen molar-refractivity contribution in [2.45, 2.75) is 0 Å². The number of hydrogen-bond acceptors (Lipinski definition) is 3. The van der Waals surface area contributed by atoms with Crippen LogP contribution in [0.2, 0.25) is 0 Å². The molecule has 1 N–H and O–H groups in total. The van der Waals surface area contributed by atoms with Gasteiger partial charge in [-0.25, -0.2) is 15.0 Å². The third kappa shape index (κ3) is 1.35. The van der Waals surface area contributed by atoms with E-state index in [9.17, 15) is 0 Å². The third-order valence-electron chi connectivity index (χ3n) is 1.14. The Kier molecular flexibility index (Phi) is 1.04. The molecule has 0 bridgehead atoms. The number of aromatic amines is 1. The second kappa shape index (κ2) is 3.02. The monoisotopic (exact) mass is 228 g/mol. The van der Waals surface area contributed by atoms with Crippen LogP contribution in [0.25, 0.3) is 11.6 Å². The number of hydrogen-bond donors (Lipinski definition) is 1. The summed E-state index contributed by atoms with van der Waals surface area (Å²) in [6.07, 6.45) is -0.645. The predicted octanol–water partition coefficient (Wildman–Crippen LogP) is 1.63. The molecule has 0 aromatic carbocycles. The van der Waals surface area contributed by atoms with Gasteiger partial charge in [0.25, 0.3) is 0 Å². The van der Waals surface area contributed by atoms with Gasteiger partial charge in [-0.1, -0.05) is 0 Å². The van der Waals surface area contributed by atoms with Crippen LogP contribution in [0.1, 0.15) is 5.48 Å². The molecule has 4 nitrogen and oxygen atoms in total. The van der Waals surface area contributed by atoms with Crippen LogP contribution in [0.15, 0.2) is 29.2 Å². The van der Waals surface area contributed by atoms with Gasteiger partial charge in [0, 0.05) is 24.7 Å². The second-order valence-corrected chi connectivity index (χ2v) is 2.70. The van der Waals surface area contributed by atoms with Crippen molar-refractivity contribution < 1.29 is 5.48 Å². The normalized spacial score (nSPS) is 14.8. The van der Waals surface area contributed by atoms with E-state index >= 15 is 0 Å². The Morgan fingerprint density at radius 1 is 1.33 bits per heavy atom. The van der Waals surface area contributed by atoms with Crippen LogP contribution >= 0.6 is 15.9 Å². The lowest BCUT2D eigenvalue weighted by molar-refractivity contribution is 1.11. The maximum atomic E-state index is 7.46. The van der Waals surface area contributed by atoms with E-state index in [2.05, 4.69) is 35.9 Å². The van der Waals surface area contributed by atoms with E-state index in [1.807, 2.05) is 0 Å². The molecule has 5 heteroatoms. The van der Waals surface area contributed by atoms with Gasteiger partial charge in [-0.3, -0.25) is 0 Å². The molecular weight excluding hydrogens is 220 g/mol. The van der Waals surface area contributed by atoms with E-state index in [4.69, 9.17) is 5.48 Å². The van der Waals surface area contributed by atoms with Crippen molar-refractivity contribution in [3.63, 3.8) is 0 Å². The zero-order chi connectivity index (χ0) is 11.9. The van der Waals surface area contributed by atoms with E-state index in [-0.39, 0.29) is 40.8 Å². The van der Waals surface area contributed by atoms with Gasteiger partial charge in [-0.15, -0.1) is 0 Å². The fraction of sp³-hybridized carbons (Fsp3) is 0. The topological polar surface area (TPSA) is 54.5 Å². The molecule has 0 aliphatic heterocycles. The summed E-state index contributed by atoms with van der Waals surface area (Å²) < 4.78 is 29.6. The van der Waals surface area contributed by atoms with Crippen LogP contribution in [0, 0.1) is 0 Å². The van der Waals surface area contributed by atoms with Crippen molar-refractivity contribution in [2.75, 3.05) is 0 Å². The lowest BCUT2D eigenvalue weighted by atomic mass is 10.5. The molecule has 0 aliphatic rings. The molecule has 0 saturated carbocycles. The van der Waals surface area contributed by atoms with Crippen molar-refractivity contribution in [2.24, 2.45) is 0 Å². The first kappa shape index (κ1) is 4.13. The van der Waals surface area contributed by atoms with Crippen LogP contribution in [0.5, 0.6) is 0 Å².